The average Bonchev–Trinajstić information content (AvgIpc) is 2.32. The summed E-state index contributed by atoms with van der Waals surface area (Å²) in [6.07, 6.45) is 3.92. The Morgan fingerprint density at radius 1 is 1.64 bits per heavy atom. The van der Waals surface area contributed by atoms with Gasteiger partial charge < -0.3 is 5.73 Å². The van der Waals surface area contributed by atoms with E-state index < -0.39 is 0 Å². The highest BCUT2D eigenvalue weighted by atomic mass is 79.9. The summed E-state index contributed by atoms with van der Waals surface area (Å²) in [6, 6.07) is 2.27. The minimum absolute atomic E-state index is 0.165. The lowest BCUT2D eigenvalue weighted by Gasteiger charge is -2.01. The molecule has 1 aliphatic rings. The lowest BCUT2D eigenvalue weighted by atomic mass is 10.2. The normalized spacial score (nSPS) is 21.8. The van der Waals surface area contributed by atoms with E-state index in [1.165, 1.54) is 5.56 Å². The first kappa shape index (κ1) is 7.25. The van der Waals surface area contributed by atoms with E-state index >= 15 is 0 Å². The molecule has 0 amide bonds. The molecule has 2 rings (SSSR count). The van der Waals surface area contributed by atoms with E-state index in [4.69, 9.17) is 5.73 Å². The first-order valence-electron chi connectivity index (χ1n) is 3.67. The van der Waals surface area contributed by atoms with Gasteiger partial charge in [0.1, 0.15) is 0 Å². The van der Waals surface area contributed by atoms with E-state index in [1.807, 2.05) is 6.20 Å². The molecule has 1 aliphatic carbocycles. The van der Waals surface area contributed by atoms with Gasteiger partial charge in [-0.1, -0.05) is 0 Å². The van der Waals surface area contributed by atoms with Crippen LogP contribution in [-0.2, 0) is 6.42 Å². The Hall–Kier alpha value is -0.410. The third-order valence-corrected chi connectivity index (χ3v) is 2.48. The minimum atomic E-state index is 0.165. The summed E-state index contributed by atoms with van der Waals surface area (Å²) < 4.78 is 1.05. The summed E-state index contributed by atoms with van der Waals surface area (Å²) in [5.74, 6) is 0. The van der Waals surface area contributed by atoms with Crippen LogP contribution in [0.5, 0.6) is 0 Å². The molecule has 0 spiro atoms. The Balaban J connectivity index is 2.50. The van der Waals surface area contributed by atoms with Crippen LogP contribution in [0.3, 0.4) is 0 Å². The molecule has 0 radical (unpaired) electrons. The topological polar surface area (TPSA) is 38.9 Å². The van der Waals surface area contributed by atoms with Crippen molar-refractivity contribution >= 4 is 15.9 Å². The van der Waals surface area contributed by atoms with Gasteiger partial charge in [-0.05, 0) is 40.4 Å². The molecule has 0 aliphatic heterocycles. The number of fused-ring (bicyclic) bond motifs is 1. The van der Waals surface area contributed by atoms with Crippen LogP contribution in [0, 0.1) is 0 Å². The maximum atomic E-state index is 5.82. The molecule has 0 saturated heterocycles. The van der Waals surface area contributed by atoms with Crippen molar-refractivity contribution in [1.29, 1.82) is 0 Å². The summed E-state index contributed by atoms with van der Waals surface area (Å²) in [5.41, 5.74) is 8.19. The molecule has 0 aromatic carbocycles. The molecule has 2 nitrogen and oxygen atoms in total. The smallest absolute Gasteiger partial charge is 0.0603 e. The highest BCUT2D eigenvalue weighted by Crippen LogP contribution is 2.28. The molecule has 0 bridgehead atoms. The van der Waals surface area contributed by atoms with Gasteiger partial charge in [0.15, 0.2) is 0 Å². The van der Waals surface area contributed by atoms with Crippen LogP contribution in [-0.4, -0.2) is 4.98 Å². The number of hydrogen-bond acceptors (Lipinski definition) is 2. The highest BCUT2D eigenvalue weighted by molar-refractivity contribution is 9.10. The molecule has 58 valence electrons. The van der Waals surface area contributed by atoms with Crippen LogP contribution in [0.25, 0.3) is 0 Å². The van der Waals surface area contributed by atoms with E-state index in [0.29, 0.717) is 0 Å². The number of rotatable bonds is 0. The maximum absolute atomic E-state index is 5.82. The third kappa shape index (κ3) is 1.19. The van der Waals surface area contributed by atoms with Crippen LogP contribution in [0.2, 0.25) is 0 Å². The fraction of sp³-hybridized carbons (Fsp3) is 0.375. The minimum Gasteiger partial charge on any atom is -0.323 e. The molecule has 3 heteroatoms. The van der Waals surface area contributed by atoms with Crippen LogP contribution in [0.4, 0.5) is 0 Å². The lowest BCUT2D eigenvalue weighted by molar-refractivity contribution is 0.697. The third-order valence-electron chi connectivity index (χ3n) is 2.04. The number of nitrogens with two attached hydrogens (primary N) is 1. The van der Waals surface area contributed by atoms with Crippen molar-refractivity contribution in [2.45, 2.75) is 18.9 Å². The summed E-state index contributed by atoms with van der Waals surface area (Å²) in [7, 11) is 0. The summed E-state index contributed by atoms with van der Waals surface area (Å²) in [6.45, 7) is 0. The van der Waals surface area contributed by atoms with Gasteiger partial charge in [-0.3, -0.25) is 4.98 Å². The van der Waals surface area contributed by atoms with Crippen molar-refractivity contribution in [3.8, 4) is 0 Å². The van der Waals surface area contributed by atoms with Crippen molar-refractivity contribution in [3.05, 3.63) is 28.0 Å². The second-order valence-corrected chi connectivity index (χ2v) is 3.76. The zero-order valence-electron chi connectivity index (χ0n) is 6.05. The quantitative estimate of drug-likeness (QED) is 0.713. The number of pyridine rings is 1. The first-order chi connectivity index (χ1) is 5.27. The number of halogens is 1. The Bertz CT molecular complexity index is 285. The van der Waals surface area contributed by atoms with E-state index in [1.54, 1.807) is 0 Å². The maximum Gasteiger partial charge on any atom is 0.0603 e. The number of aromatic nitrogens is 1. The summed E-state index contributed by atoms with van der Waals surface area (Å²) in [4.78, 5) is 4.27. The number of hydrogen-bond donors (Lipinski definition) is 1. The molecule has 0 fully saturated rings. The Morgan fingerprint density at radius 3 is 3.27 bits per heavy atom. The molecule has 1 atom stereocenters. The number of aryl methyl sites for hydroxylation is 1. The van der Waals surface area contributed by atoms with Crippen molar-refractivity contribution < 1.29 is 0 Å². The second kappa shape index (κ2) is 2.57. The van der Waals surface area contributed by atoms with Gasteiger partial charge in [-0.2, -0.15) is 0 Å². The van der Waals surface area contributed by atoms with Gasteiger partial charge in [-0.25, -0.2) is 0 Å². The monoisotopic (exact) mass is 212 g/mol. The van der Waals surface area contributed by atoms with Gasteiger partial charge in [0.05, 0.1) is 5.69 Å². The average molecular weight is 213 g/mol. The van der Waals surface area contributed by atoms with Gasteiger partial charge in [0.25, 0.3) is 0 Å². The van der Waals surface area contributed by atoms with E-state index in [9.17, 15) is 0 Å². The zero-order chi connectivity index (χ0) is 7.84. The Morgan fingerprint density at radius 2 is 2.45 bits per heavy atom. The zero-order valence-corrected chi connectivity index (χ0v) is 7.63. The predicted octanol–water partition coefficient (Wildman–Crippen LogP) is 1.79. The molecule has 1 aromatic rings. The van der Waals surface area contributed by atoms with Crippen molar-refractivity contribution in [2.24, 2.45) is 5.73 Å². The fourth-order valence-electron chi connectivity index (χ4n) is 1.47. The molecule has 0 saturated carbocycles. The largest absolute Gasteiger partial charge is 0.323 e. The standard InChI is InChI=1S/C8H9BrN2/c9-6-3-5-1-2-7(10)8(5)11-4-6/h3-4,7H,1-2,10H2/t7-/m0/s1. The first-order valence-corrected chi connectivity index (χ1v) is 4.46. The van der Waals surface area contributed by atoms with Crippen molar-refractivity contribution in [3.63, 3.8) is 0 Å². The van der Waals surface area contributed by atoms with Gasteiger partial charge in [0, 0.05) is 16.7 Å². The van der Waals surface area contributed by atoms with Gasteiger partial charge >= 0.3 is 0 Å². The van der Waals surface area contributed by atoms with Crippen LogP contribution >= 0.6 is 15.9 Å². The molecular weight excluding hydrogens is 204 g/mol. The highest BCUT2D eigenvalue weighted by Gasteiger charge is 2.19. The molecular formula is C8H9BrN2. The Kier molecular flexibility index (Phi) is 1.69. The lowest BCUT2D eigenvalue weighted by Crippen LogP contribution is -2.06. The van der Waals surface area contributed by atoms with Gasteiger partial charge in [0.2, 0.25) is 0 Å². The molecule has 1 heterocycles. The van der Waals surface area contributed by atoms with E-state index in [-0.39, 0.29) is 6.04 Å². The van der Waals surface area contributed by atoms with Gasteiger partial charge in [-0.15, -0.1) is 0 Å². The van der Waals surface area contributed by atoms with Crippen molar-refractivity contribution in [2.75, 3.05) is 0 Å². The molecule has 1 aromatic heterocycles. The Labute approximate surface area is 73.9 Å². The van der Waals surface area contributed by atoms with Crippen LogP contribution in [0.15, 0.2) is 16.7 Å². The number of nitrogens with zero attached hydrogens (tertiary/aromatic N) is 1. The van der Waals surface area contributed by atoms with E-state index in [2.05, 4.69) is 27.0 Å². The second-order valence-electron chi connectivity index (χ2n) is 2.84. The molecule has 2 N–H and O–H groups in total. The van der Waals surface area contributed by atoms with Crippen molar-refractivity contribution in [1.82, 2.24) is 4.98 Å². The predicted molar refractivity (Wildman–Crippen MR) is 47.2 cm³/mol. The van der Waals surface area contributed by atoms with Crippen LogP contribution in [0.1, 0.15) is 23.7 Å². The summed E-state index contributed by atoms with van der Waals surface area (Å²) >= 11 is 3.38. The van der Waals surface area contributed by atoms with Crippen LogP contribution < -0.4 is 5.73 Å². The molecule has 0 unspecified atom stereocenters. The molecule has 11 heavy (non-hydrogen) atoms. The SMILES string of the molecule is N[C@H]1CCc2cc(Br)cnc21. The summed E-state index contributed by atoms with van der Waals surface area (Å²) in [5, 5.41) is 0. The van der Waals surface area contributed by atoms with E-state index in [0.717, 1.165) is 23.0 Å². The fourth-order valence-corrected chi connectivity index (χ4v) is 1.85.